The number of aromatic hydroxyl groups is 1. The van der Waals surface area contributed by atoms with E-state index in [0.29, 0.717) is 28.9 Å². The minimum absolute atomic E-state index is 0. The van der Waals surface area contributed by atoms with Gasteiger partial charge in [-0.3, -0.25) is 91.1 Å². The number of amides is 16. The number of aromatic nitrogens is 3. The zero-order valence-electron chi connectivity index (χ0n) is 83.1. The van der Waals surface area contributed by atoms with E-state index in [1.54, 1.807) is 122 Å². The van der Waals surface area contributed by atoms with Crippen molar-refractivity contribution in [2.75, 3.05) is 18.6 Å². The van der Waals surface area contributed by atoms with Gasteiger partial charge in [-0.15, -0.1) is 0 Å². The summed E-state index contributed by atoms with van der Waals surface area (Å²) in [6.45, 7) is 20.5. The number of carbonyl (C=O) groups excluding carboxylic acids is 16. The molecule has 0 aliphatic heterocycles. The first-order valence-corrected chi connectivity index (χ1v) is 48.7. The molecule has 2 heterocycles. The van der Waals surface area contributed by atoms with Crippen LogP contribution in [0.5, 0.6) is 5.75 Å². The second kappa shape index (κ2) is 62.3. The normalized spacial score (nSPS) is 14.9. The highest BCUT2D eigenvalue weighted by Crippen LogP contribution is 2.23. The van der Waals surface area contributed by atoms with E-state index in [-0.39, 0.29) is 108 Å². The van der Waals surface area contributed by atoms with Crippen molar-refractivity contribution in [1.29, 1.82) is 0 Å². The Balaban J connectivity index is 0.0000266. The van der Waals surface area contributed by atoms with Gasteiger partial charge in [0.25, 0.3) is 0 Å². The fourth-order valence-corrected chi connectivity index (χ4v) is 15.6. The Bertz CT molecular complexity index is 5120. The molecule has 0 unspecified atom stereocenters. The van der Waals surface area contributed by atoms with E-state index in [9.17, 15) is 117 Å². The highest BCUT2D eigenvalue weighted by Gasteiger charge is 2.42. The minimum atomic E-state index is -1.92. The molecule has 28 N–H and O–H groups in total. The van der Waals surface area contributed by atoms with Gasteiger partial charge in [-0.05, 0) is 142 Å². The number of hydrogen-bond donors (Lipinski definition) is 25. The molecule has 0 aliphatic rings. The van der Waals surface area contributed by atoms with Crippen LogP contribution in [-0.4, -0.2) is 274 Å². The number of aromatic amines is 2. The molecule has 0 bridgehead atoms. The van der Waals surface area contributed by atoms with Crippen molar-refractivity contribution >= 4 is 141 Å². The number of fused-ring (bicyclic) bond motifs is 1. The monoisotopic (exact) mass is 2040 g/mol. The molecule has 2 aromatic heterocycles. The summed E-state index contributed by atoms with van der Waals surface area (Å²) in [5.74, 6) is -24.2. The van der Waals surface area contributed by atoms with Gasteiger partial charge in [0.2, 0.25) is 94.5 Å². The lowest BCUT2D eigenvalue weighted by Gasteiger charge is -2.31. The fourth-order valence-electron chi connectivity index (χ4n) is 15.1. The molecule has 18 atom stereocenters. The van der Waals surface area contributed by atoms with Crippen LogP contribution in [0.2, 0.25) is 0 Å². The van der Waals surface area contributed by atoms with Crippen LogP contribution < -0.4 is 97.0 Å². The number of imidazole rings is 1. The number of carboxylic acids is 4. The molecule has 0 fully saturated rings. The van der Waals surface area contributed by atoms with Gasteiger partial charge in [-0.25, -0.2) is 9.78 Å². The number of H-pyrrole nitrogens is 2. The lowest BCUT2D eigenvalue weighted by molar-refractivity contribution is -0.143. The number of benzene rings is 3. The van der Waals surface area contributed by atoms with Crippen LogP contribution in [0.1, 0.15) is 197 Å². The maximum Gasteiger partial charge on any atom is 0.326 e. The third-order valence-electron chi connectivity index (χ3n) is 23.5. The van der Waals surface area contributed by atoms with Crippen molar-refractivity contribution in [1.82, 2.24) is 106 Å². The Morgan fingerprint density at radius 2 is 0.785 bits per heavy atom. The predicted molar refractivity (Wildman–Crippen MR) is 533 cm³/mol. The lowest BCUT2D eigenvalue weighted by Crippen LogP contribution is -2.62. The highest BCUT2D eigenvalue weighted by molar-refractivity contribution is 7.98. The summed E-state index contributed by atoms with van der Waals surface area (Å²) in [6, 6.07) is -4.20. The Morgan fingerprint density at radius 3 is 1.26 bits per heavy atom. The van der Waals surface area contributed by atoms with Crippen LogP contribution in [-0.2, 0) is 122 Å². The van der Waals surface area contributed by atoms with Crippen LogP contribution in [0.3, 0.4) is 0 Å². The van der Waals surface area contributed by atoms with E-state index in [1.807, 2.05) is 0 Å². The number of hydrogen-bond acceptors (Lipinski definition) is 25. The number of nitrogens with zero attached hydrogens (tertiary/aromatic N) is 1. The second-order valence-electron chi connectivity index (χ2n) is 36.5. The van der Waals surface area contributed by atoms with E-state index < -0.39 is 264 Å². The number of para-hydroxylation sites is 1. The van der Waals surface area contributed by atoms with Gasteiger partial charge >= 0.3 is 23.9 Å². The number of nitrogens with one attached hydrogen (secondary N) is 18. The van der Waals surface area contributed by atoms with Gasteiger partial charge in [0, 0.05) is 68.0 Å². The highest BCUT2D eigenvalue weighted by atomic mass is 32.2. The Morgan fingerprint density at radius 1 is 0.396 bits per heavy atom. The first-order valence-electron chi connectivity index (χ1n) is 47.3. The standard InChI is InChI=1S/C96H140N20O25S.CH4.H3N/c1-15-52(9)79(94(138)113-74(96(140)141)42-59-46-99-63-27-21-20-26-62(59)63)116-95(139)80(53(10)16-2)115-92(136)73(45-77(123)124)111-88(132)68(39-50(5)6)108-90(134)71(43-60-47-98-48-100-60)107-81(125)54(11)102-86(130)69(40-57-24-18-17-19-25-57)109-89(133)70(41-58-29-31-61(118)32-30-58)112-93(137)78(51(7)8)114-82(126)55(12)101-83(127)65(33-34-75(119)120)105-84(128)64(28-22-23-36-97)104-91(135)72(44-76(121)122)110-85(129)66(35-37-142-14)106-87(131)67(38-49(3)4)103-56(13)117;;/h17-21,24-27,29-32,46-55,64-74,78-80,99,118H,15-16,22-23,28,33-45,97H2,1-14H3,(H,98,100)(H,101,127)(H,102,130)(H,103,117)(H,104,135)(H,105,128)(H,106,131)(H,107,125)(H,108,134)(H,109,133)(H,110,129)(H,111,132)(H,112,137)(H,113,138)(H,114,126)(H,115,136)(H,116,139)(H,119,120)(H,121,122)(H,123,124)(H,140,141);1H4;1H3/t52-,53-,54-,55-,64-,65-,66-,67-,68-,69-,70-,71-,72-,73-,74-,78-,79-,80-;;/m0../s1. The third kappa shape index (κ3) is 42.2. The maximum absolute atomic E-state index is 15.1. The van der Waals surface area contributed by atoms with Crippen molar-refractivity contribution in [2.24, 2.45) is 35.3 Å². The zero-order chi connectivity index (χ0) is 106. The van der Waals surface area contributed by atoms with Crippen molar-refractivity contribution in [2.45, 2.75) is 297 Å². The summed E-state index contributed by atoms with van der Waals surface area (Å²) in [5.41, 5.74) is 8.19. The number of unbranched alkanes of at least 4 members (excludes halogenated alkanes) is 1. The van der Waals surface area contributed by atoms with E-state index in [0.717, 1.165) is 10.9 Å². The molecule has 0 saturated carbocycles. The van der Waals surface area contributed by atoms with Crippen LogP contribution in [0.15, 0.2) is 97.6 Å². The smallest absolute Gasteiger partial charge is 0.326 e. The first-order chi connectivity index (χ1) is 67.1. The molecule has 3 aromatic carbocycles. The van der Waals surface area contributed by atoms with Gasteiger partial charge in [-0.2, -0.15) is 11.8 Å². The molecule has 796 valence electrons. The van der Waals surface area contributed by atoms with E-state index in [2.05, 4.69) is 100 Å². The average molecular weight is 2040 g/mol. The lowest BCUT2D eigenvalue weighted by atomic mass is 9.94. The van der Waals surface area contributed by atoms with Crippen LogP contribution >= 0.6 is 11.8 Å². The van der Waals surface area contributed by atoms with Crippen molar-refractivity contribution in [3.63, 3.8) is 0 Å². The summed E-state index contributed by atoms with van der Waals surface area (Å²) in [6.07, 6.45) is 2.16. The largest absolute Gasteiger partial charge is 0.508 e. The summed E-state index contributed by atoms with van der Waals surface area (Å²) < 4.78 is 0. The Hall–Kier alpha value is -14.1. The molecule has 47 heteroatoms. The number of carbonyl (C=O) groups is 20. The molecule has 16 amide bonds. The molecule has 5 aromatic rings. The molecular formula is C97H147N21O25S. The number of thioether (sulfide) groups is 1. The number of aliphatic carboxylic acids is 4. The summed E-state index contributed by atoms with van der Waals surface area (Å²) in [4.78, 5) is 288. The van der Waals surface area contributed by atoms with Crippen LogP contribution in [0.25, 0.3) is 10.9 Å². The van der Waals surface area contributed by atoms with Gasteiger partial charge < -0.3 is 132 Å². The van der Waals surface area contributed by atoms with Gasteiger partial charge in [0.15, 0.2) is 0 Å². The van der Waals surface area contributed by atoms with Crippen molar-refractivity contribution in [3.05, 3.63) is 120 Å². The number of nitrogens with two attached hydrogens (primary N) is 1. The van der Waals surface area contributed by atoms with Crippen molar-refractivity contribution in [3.8, 4) is 5.75 Å². The third-order valence-corrected chi connectivity index (χ3v) is 24.1. The summed E-state index contributed by atoms with van der Waals surface area (Å²) >= 11 is 1.30. The molecule has 0 radical (unpaired) electrons. The number of rotatable bonds is 63. The van der Waals surface area contributed by atoms with E-state index in [1.165, 1.54) is 83.2 Å². The zero-order valence-corrected chi connectivity index (χ0v) is 83.9. The van der Waals surface area contributed by atoms with Gasteiger partial charge in [-0.1, -0.05) is 150 Å². The number of phenols is 1. The molecular weight excluding hydrogens is 1890 g/mol. The maximum atomic E-state index is 15.1. The Labute approximate surface area is 841 Å². The fraction of sp³-hybridized carbons (Fsp3) is 0.557. The van der Waals surface area contributed by atoms with Crippen LogP contribution in [0, 0.1) is 29.6 Å². The van der Waals surface area contributed by atoms with Crippen molar-refractivity contribution < 1.29 is 121 Å². The van der Waals surface area contributed by atoms with E-state index in [4.69, 9.17) is 5.73 Å². The molecule has 46 nitrogen and oxygen atoms in total. The van der Waals surface area contributed by atoms with Gasteiger partial charge in [0.1, 0.15) is 102 Å². The number of carboxylic acid groups (broad SMARTS) is 4. The number of phenolic OH excluding ortho intramolecular Hbond substituents is 1. The summed E-state index contributed by atoms with van der Waals surface area (Å²) in [7, 11) is 0. The molecule has 0 saturated heterocycles. The van der Waals surface area contributed by atoms with Crippen LogP contribution in [0.4, 0.5) is 0 Å². The predicted octanol–water partition coefficient (Wildman–Crippen LogP) is 1.10. The van der Waals surface area contributed by atoms with Gasteiger partial charge in [0.05, 0.1) is 19.2 Å². The molecule has 144 heavy (non-hydrogen) atoms. The first kappa shape index (κ1) is 124. The Kier molecular flexibility index (Phi) is 53.7. The summed E-state index contributed by atoms with van der Waals surface area (Å²) in [5, 5.41) is 91.9. The SMILES string of the molecule is C.CC[C@H](C)[C@H](NC(=O)[C@H](CC(=O)O)NC(=O)[C@H](CC(C)C)NC(=O)[C@H](Cc1cnc[nH]1)NC(=O)[C@H](C)NC(=O)[C@H](Cc1ccccc1)NC(=O)[C@H](Cc1ccc(O)cc1)NC(=O)[C@@H](NC(=O)[C@H](C)NC(=O)[C@H](CCC(=O)O)NC(=O)[C@H](CCCCN)NC(=O)[C@H](CC(=O)O)NC(=O)[C@H](CCSC)NC(=O)[C@H](CC(C)C)NC(C)=O)C(C)C)C(=O)N[C@H](C(=O)N[C@@H](Cc1c[nH]c2ccccc12)C(=O)O)[C@@H](C)CC.N. The minimum Gasteiger partial charge on any atom is -0.508 e. The average Bonchev–Trinajstić information content (AvgIpc) is 1.63. The van der Waals surface area contributed by atoms with E-state index >= 15 is 4.79 Å². The second-order valence-corrected chi connectivity index (χ2v) is 37.5. The topological polar surface area (TPSA) is 741 Å². The molecule has 5 rings (SSSR count). The molecule has 0 aliphatic carbocycles. The quantitative estimate of drug-likeness (QED) is 0.0242. The molecule has 0 spiro atoms.